The minimum Gasteiger partial charge on any atom is -0.319 e. The minimum atomic E-state index is 0.588. The van der Waals surface area contributed by atoms with Crippen LogP contribution in [0.15, 0.2) is 0 Å². The highest BCUT2D eigenvalue weighted by molar-refractivity contribution is 4.91. The lowest BCUT2D eigenvalue weighted by Gasteiger charge is -2.42. The molecule has 116 valence electrons. The molecule has 1 aliphatic heterocycles. The molecule has 1 saturated heterocycles. The van der Waals surface area contributed by atoms with Crippen LogP contribution < -0.4 is 5.32 Å². The second-order valence-corrected chi connectivity index (χ2v) is 7.49. The highest BCUT2D eigenvalue weighted by atomic mass is 15.3. The van der Waals surface area contributed by atoms with Gasteiger partial charge in [-0.2, -0.15) is 0 Å². The molecule has 20 heavy (non-hydrogen) atoms. The van der Waals surface area contributed by atoms with Crippen molar-refractivity contribution < 1.29 is 0 Å². The van der Waals surface area contributed by atoms with Crippen LogP contribution in [-0.2, 0) is 0 Å². The Morgan fingerprint density at radius 2 is 1.60 bits per heavy atom. The molecule has 0 radical (unpaired) electrons. The molecule has 0 spiro atoms. The molecule has 0 aromatic carbocycles. The van der Waals surface area contributed by atoms with Crippen LogP contribution in [0.3, 0.4) is 0 Å². The second kappa shape index (κ2) is 6.76. The van der Waals surface area contributed by atoms with Crippen LogP contribution in [0.1, 0.15) is 51.4 Å². The zero-order chi connectivity index (χ0) is 13.8. The van der Waals surface area contributed by atoms with Crippen LogP contribution in [0.2, 0.25) is 0 Å². The molecule has 3 nitrogen and oxygen atoms in total. The lowest BCUT2D eigenvalue weighted by Crippen LogP contribution is -2.53. The Labute approximate surface area is 125 Å². The molecule has 1 N–H and O–H groups in total. The van der Waals surface area contributed by atoms with E-state index in [1.807, 2.05) is 0 Å². The molecule has 0 amide bonds. The third-order valence-corrected chi connectivity index (χ3v) is 6.02. The van der Waals surface area contributed by atoms with Gasteiger partial charge in [-0.3, -0.25) is 4.90 Å². The first-order valence-electron chi connectivity index (χ1n) is 8.92. The third-order valence-electron chi connectivity index (χ3n) is 6.02. The Bertz CT molecular complexity index is 285. The molecular weight excluding hydrogens is 246 g/mol. The highest BCUT2D eigenvalue weighted by Gasteiger charge is 2.36. The van der Waals surface area contributed by atoms with Gasteiger partial charge in [0.25, 0.3) is 0 Å². The van der Waals surface area contributed by atoms with Crippen LogP contribution in [-0.4, -0.2) is 62.2 Å². The Morgan fingerprint density at radius 1 is 0.950 bits per heavy atom. The van der Waals surface area contributed by atoms with Gasteiger partial charge in [0.15, 0.2) is 0 Å². The first kappa shape index (κ1) is 14.8. The standard InChI is InChI=1S/C17H33N3/c1-18-14-17(8-4-5-9-17)15-19-10-12-20(13-11-19)16-6-2-3-7-16/h16,18H,2-15H2,1H3. The summed E-state index contributed by atoms with van der Waals surface area (Å²) in [5.41, 5.74) is 0.588. The molecule has 0 unspecified atom stereocenters. The van der Waals surface area contributed by atoms with Gasteiger partial charge < -0.3 is 10.2 Å². The van der Waals surface area contributed by atoms with Crippen molar-refractivity contribution in [1.29, 1.82) is 0 Å². The summed E-state index contributed by atoms with van der Waals surface area (Å²) in [7, 11) is 2.12. The van der Waals surface area contributed by atoms with Crippen molar-refractivity contribution in [2.24, 2.45) is 5.41 Å². The fraction of sp³-hybridized carbons (Fsp3) is 1.00. The topological polar surface area (TPSA) is 18.5 Å². The van der Waals surface area contributed by atoms with Gasteiger partial charge in [0.2, 0.25) is 0 Å². The van der Waals surface area contributed by atoms with E-state index in [9.17, 15) is 0 Å². The summed E-state index contributed by atoms with van der Waals surface area (Å²) in [5.74, 6) is 0. The minimum absolute atomic E-state index is 0.588. The monoisotopic (exact) mass is 279 g/mol. The predicted molar refractivity (Wildman–Crippen MR) is 85.1 cm³/mol. The number of hydrogen-bond donors (Lipinski definition) is 1. The molecule has 0 atom stereocenters. The van der Waals surface area contributed by atoms with E-state index in [0.717, 1.165) is 6.04 Å². The van der Waals surface area contributed by atoms with Gasteiger partial charge in [-0.15, -0.1) is 0 Å². The molecule has 3 aliphatic rings. The van der Waals surface area contributed by atoms with Gasteiger partial charge in [0.1, 0.15) is 0 Å². The molecule has 3 fully saturated rings. The maximum absolute atomic E-state index is 3.46. The zero-order valence-corrected chi connectivity index (χ0v) is 13.4. The second-order valence-electron chi connectivity index (χ2n) is 7.49. The normalized spacial score (nSPS) is 29.2. The van der Waals surface area contributed by atoms with Crippen molar-refractivity contribution >= 4 is 0 Å². The van der Waals surface area contributed by atoms with E-state index in [4.69, 9.17) is 0 Å². The number of nitrogens with one attached hydrogen (secondary N) is 1. The number of piperazine rings is 1. The number of hydrogen-bond acceptors (Lipinski definition) is 3. The Balaban J connectivity index is 1.47. The first-order chi connectivity index (χ1) is 9.81. The van der Waals surface area contributed by atoms with Gasteiger partial charge in [0.05, 0.1) is 0 Å². The van der Waals surface area contributed by atoms with E-state index in [-0.39, 0.29) is 0 Å². The summed E-state index contributed by atoms with van der Waals surface area (Å²) in [4.78, 5) is 5.54. The molecular formula is C17H33N3. The van der Waals surface area contributed by atoms with Crippen molar-refractivity contribution in [3.8, 4) is 0 Å². The van der Waals surface area contributed by atoms with Crippen molar-refractivity contribution in [2.75, 3.05) is 46.3 Å². The quantitative estimate of drug-likeness (QED) is 0.833. The fourth-order valence-electron chi connectivity index (χ4n) is 4.92. The van der Waals surface area contributed by atoms with Crippen LogP contribution in [0, 0.1) is 5.41 Å². The largest absolute Gasteiger partial charge is 0.319 e. The molecule has 2 aliphatic carbocycles. The third kappa shape index (κ3) is 3.37. The van der Waals surface area contributed by atoms with Gasteiger partial charge in [-0.1, -0.05) is 25.7 Å². The number of rotatable bonds is 5. The summed E-state index contributed by atoms with van der Waals surface area (Å²) in [6, 6.07) is 0.926. The average Bonchev–Trinajstić information content (AvgIpc) is 3.12. The SMILES string of the molecule is CNCC1(CN2CCN(C3CCCC3)CC2)CCCC1. The molecule has 3 rings (SSSR count). The van der Waals surface area contributed by atoms with E-state index in [2.05, 4.69) is 22.2 Å². The fourth-order valence-corrected chi connectivity index (χ4v) is 4.92. The maximum atomic E-state index is 3.46. The molecule has 3 heteroatoms. The first-order valence-corrected chi connectivity index (χ1v) is 8.92. The van der Waals surface area contributed by atoms with E-state index < -0.39 is 0 Å². The van der Waals surface area contributed by atoms with Gasteiger partial charge in [0, 0.05) is 45.3 Å². The maximum Gasteiger partial charge on any atom is 0.0113 e. The van der Waals surface area contributed by atoms with Gasteiger partial charge >= 0.3 is 0 Å². The van der Waals surface area contributed by atoms with Crippen LogP contribution in [0.25, 0.3) is 0 Å². The van der Waals surface area contributed by atoms with E-state index >= 15 is 0 Å². The lowest BCUT2D eigenvalue weighted by atomic mass is 9.85. The van der Waals surface area contributed by atoms with E-state index in [1.54, 1.807) is 0 Å². The van der Waals surface area contributed by atoms with Crippen LogP contribution >= 0.6 is 0 Å². The van der Waals surface area contributed by atoms with Crippen LogP contribution in [0.4, 0.5) is 0 Å². The van der Waals surface area contributed by atoms with Gasteiger partial charge in [-0.05, 0) is 38.1 Å². The molecule has 2 saturated carbocycles. The molecule has 0 aromatic rings. The van der Waals surface area contributed by atoms with Crippen molar-refractivity contribution in [3.63, 3.8) is 0 Å². The van der Waals surface area contributed by atoms with Crippen molar-refractivity contribution in [3.05, 3.63) is 0 Å². The Hall–Kier alpha value is -0.120. The zero-order valence-electron chi connectivity index (χ0n) is 13.4. The smallest absolute Gasteiger partial charge is 0.0113 e. The van der Waals surface area contributed by atoms with Crippen molar-refractivity contribution in [2.45, 2.75) is 57.4 Å². The van der Waals surface area contributed by atoms with Gasteiger partial charge in [-0.25, -0.2) is 0 Å². The van der Waals surface area contributed by atoms with Crippen molar-refractivity contribution in [1.82, 2.24) is 15.1 Å². The summed E-state index contributed by atoms with van der Waals surface area (Å²) < 4.78 is 0. The Morgan fingerprint density at radius 3 is 2.20 bits per heavy atom. The lowest BCUT2D eigenvalue weighted by molar-refractivity contribution is 0.0653. The summed E-state index contributed by atoms with van der Waals surface area (Å²) in [6.07, 6.45) is 11.6. The molecule has 0 bridgehead atoms. The Kier molecular flexibility index (Phi) is 5.00. The molecule has 0 aromatic heterocycles. The summed E-state index contributed by atoms with van der Waals surface area (Å²) in [6.45, 7) is 7.81. The predicted octanol–water partition coefficient (Wildman–Crippen LogP) is 2.33. The summed E-state index contributed by atoms with van der Waals surface area (Å²) >= 11 is 0. The van der Waals surface area contributed by atoms with E-state index in [1.165, 1.54) is 90.6 Å². The van der Waals surface area contributed by atoms with E-state index in [0.29, 0.717) is 5.41 Å². The summed E-state index contributed by atoms with van der Waals surface area (Å²) in [5, 5.41) is 3.46. The number of nitrogens with zero attached hydrogens (tertiary/aromatic N) is 2. The highest BCUT2D eigenvalue weighted by Crippen LogP contribution is 2.38. The van der Waals surface area contributed by atoms with Crippen LogP contribution in [0.5, 0.6) is 0 Å². The average molecular weight is 279 g/mol. The molecule has 1 heterocycles.